The number of benzene rings is 11. The van der Waals surface area contributed by atoms with Crippen molar-refractivity contribution in [3.05, 3.63) is 259 Å². The van der Waals surface area contributed by atoms with E-state index in [1.807, 2.05) is 0 Å². The number of rotatable bonds is 5. The molecular formula is C63H39NO. The van der Waals surface area contributed by atoms with Crippen molar-refractivity contribution in [1.29, 1.82) is 0 Å². The summed E-state index contributed by atoms with van der Waals surface area (Å²) in [6.45, 7) is 0. The molecule has 14 rings (SSSR count). The standard InChI is InChI=1S/C63H39NO/c1-3-22-44-40(17-1)19-14-28-45(44)42-20-13-21-43(39-42)64(58-35-12-8-26-49(58)50-29-15-30-51-52-38-37-41-18-2-4-23-46(41)61(52)65-62(50)51)59-36-16-34-57-60(59)53-27-7-11-33-56(53)63(57)54-31-9-5-24-47(54)48-25-6-10-32-55(48)63/h1-39H. The molecule has 0 amide bonds. The summed E-state index contributed by atoms with van der Waals surface area (Å²) in [5.41, 5.74) is 19.5. The maximum absolute atomic E-state index is 7.05. The predicted octanol–water partition coefficient (Wildman–Crippen LogP) is 17.0. The summed E-state index contributed by atoms with van der Waals surface area (Å²) in [5, 5.41) is 6.98. The molecule has 0 N–H and O–H groups in total. The van der Waals surface area contributed by atoms with Crippen molar-refractivity contribution in [1.82, 2.24) is 0 Å². The molecule has 1 spiro atoms. The van der Waals surface area contributed by atoms with E-state index in [0.717, 1.165) is 61.1 Å². The van der Waals surface area contributed by atoms with Gasteiger partial charge in [0.1, 0.15) is 11.2 Å². The molecule has 65 heavy (non-hydrogen) atoms. The van der Waals surface area contributed by atoms with Gasteiger partial charge in [0, 0.05) is 38.5 Å². The molecule has 2 heteroatoms. The first kappa shape index (κ1) is 36.1. The van der Waals surface area contributed by atoms with E-state index >= 15 is 0 Å². The number of fused-ring (bicyclic) bond motifs is 16. The van der Waals surface area contributed by atoms with E-state index < -0.39 is 5.41 Å². The van der Waals surface area contributed by atoms with Crippen LogP contribution in [0.5, 0.6) is 0 Å². The van der Waals surface area contributed by atoms with Gasteiger partial charge in [0.05, 0.1) is 16.8 Å². The van der Waals surface area contributed by atoms with Crippen molar-refractivity contribution in [2.24, 2.45) is 0 Å². The molecule has 2 nitrogen and oxygen atoms in total. The second-order valence-electron chi connectivity index (χ2n) is 17.5. The van der Waals surface area contributed by atoms with Crippen molar-refractivity contribution < 1.29 is 4.42 Å². The Labute approximate surface area is 376 Å². The van der Waals surface area contributed by atoms with Gasteiger partial charge < -0.3 is 9.32 Å². The average molecular weight is 826 g/mol. The minimum absolute atomic E-state index is 0.478. The Bertz CT molecular complexity index is 3880. The van der Waals surface area contributed by atoms with Crippen molar-refractivity contribution in [2.45, 2.75) is 5.41 Å². The monoisotopic (exact) mass is 825 g/mol. The number of hydrogen-bond donors (Lipinski definition) is 0. The third-order valence-corrected chi connectivity index (χ3v) is 14.3. The Morgan fingerprint density at radius 3 is 1.62 bits per heavy atom. The van der Waals surface area contributed by atoms with E-state index in [9.17, 15) is 0 Å². The van der Waals surface area contributed by atoms with Crippen molar-refractivity contribution >= 4 is 60.5 Å². The second kappa shape index (κ2) is 13.8. The first-order valence-corrected chi connectivity index (χ1v) is 22.5. The van der Waals surface area contributed by atoms with E-state index in [1.54, 1.807) is 0 Å². The third-order valence-electron chi connectivity index (χ3n) is 14.3. The molecule has 0 aliphatic heterocycles. The van der Waals surface area contributed by atoms with Gasteiger partial charge >= 0.3 is 0 Å². The van der Waals surface area contributed by atoms with Crippen molar-refractivity contribution in [2.75, 3.05) is 4.90 Å². The lowest BCUT2D eigenvalue weighted by Gasteiger charge is -2.32. The first-order chi connectivity index (χ1) is 32.3. The summed E-state index contributed by atoms with van der Waals surface area (Å²) in [6.07, 6.45) is 0. The van der Waals surface area contributed by atoms with Crippen LogP contribution < -0.4 is 4.90 Å². The SMILES string of the molecule is c1cc(-c2cccc3ccccc23)cc(N(c2ccccc2-c2cccc3c2oc2c4ccccc4ccc32)c2cccc3c2-c2ccccc2C32c3ccccc3-c3ccccc32)c1. The van der Waals surface area contributed by atoms with Gasteiger partial charge in [0.2, 0.25) is 0 Å². The zero-order valence-corrected chi connectivity index (χ0v) is 35.4. The Hall–Kier alpha value is -8.46. The fourth-order valence-corrected chi connectivity index (χ4v) is 11.6. The van der Waals surface area contributed by atoms with Crippen LogP contribution in [0.2, 0.25) is 0 Å². The summed E-state index contributed by atoms with van der Waals surface area (Å²) in [4.78, 5) is 2.52. The minimum atomic E-state index is -0.478. The highest BCUT2D eigenvalue weighted by molar-refractivity contribution is 6.18. The fraction of sp³-hybridized carbons (Fsp3) is 0.0159. The molecule has 2 aliphatic rings. The molecule has 0 fully saturated rings. The van der Waals surface area contributed by atoms with Gasteiger partial charge in [-0.15, -0.1) is 0 Å². The van der Waals surface area contributed by atoms with Gasteiger partial charge in [0.15, 0.2) is 0 Å². The summed E-state index contributed by atoms with van der Waals surface area (Å²) in [7, 11) is 0. The van der Waals surface area contributed by atoms with Crippen molar-refractivity contribution in [3.63, 3.8) is 0 Å². The summed E-state index contributed by atoms with van der Waals surface area (Å²) in [5.74, 6) is 0. The van der Waals surface area contributed by atoms with Crippen LogP contribution in [0.15, 0.2) is 241 Å². The molecule has 0 bridgehead atoms. The van der Waals surface area contributed by atoms with E-state index in [4.69, 9.17) is 4.42 Å². The highest BCUT2D eigenvalue weighted by atomic mass is 16.3. The minimum Gasteiger partial charge on any atom is -0.455 e. The lowest BCUT2D eigenvalue weighted by molar-refractivity contribution is 0.674. The Kier molecular flexibility index (Phi) is 7.64. The summed E-state index contributed by atoms with van der Waals surface area (Å²) in [6, 6.07) is 87.1. The van der Waals surface area contributed by atoms with Crippen LogP contribution in [0.3, 0.4) is 0 Å². The fourth-order valence-electron chi connectivity index (χ4n) is 11.6. The molecule has 0 saturated heterocycles. The van der Waals surface area contributed by atoms with E-state index in [-0.39, 0.29) is 0 Å². The lowest BCUT2D eigenvalue weighted by Crippen LogP contribution is -2.26. The van der Waals surface area contributed by atoms with Crippen LogP contribution in [0, 0.1) is 0 Å². The van der Waals surface area contributed by atoms with Crippen LogP contribution in [-0.4, -0.2) is 0 Å². The topological polar surface area (TPSA) is 16.4 Å². The summed E-state index contributed by atoms with van der Waals surface area (Å²) < 4.78 is 7.05. The number of hydrogen-bond acceptors (Lipinski definition) is 2. The largest absolute Gasteiger partial charge is 0.455 e. The van der Waals surface area contributed by atoms with Crippen LogP contribution in [-0.2, 0) is 5.41 Å². The van der Waals surface area contributed by atoms with Gasteiger partial charge in [-0.2, -0.15) is 0 Å². The van der Waals surface area contributed by atoms with Crippen LogP contribution >= 0.6 is 0 Å². The molecule has 12 aromatic rings. The second-order valence-corrected chi connectivity index (χ2v) is 17.5. The molecule has 1 heterocycles. The number of nitrogens with zero attached hydrogens (tertiary/aromatic N) is 1. The van der Waals surface area contributed by atoms with Gasteiger partial charge in [-0.25, -0.2) is 0 Å². The van der Waals surface area contributed by atoms with Gasteiger partial charge in [0.25, 0.3) is 0 Å². The van der Waals surface area contributed by atoms with Gasteiger partial charge in [-0.05, 0) is 96.6 Å². The molecule has 302 valence electrons. The highest BCUT2D eigenvalue weighted by Gasteiger charge is 2.52. The normalized spacial score (nSPS) is 13.0. The zero-order valence-electron chi connectivity index (χ0n) is 35.4. The lowest BCUT2D eigenvalue weighted by atomic mass is 9.70. The van der Waals surface area contributed by atoms with Crippen molar-refractivity contribution in [3.8, 4) is 44.5 Å². The molecule has 0 atom stereocenters. The molecule has 1 aromatic heterocycles. The Balaban J connectivity index is 1.07. The quantitative estimate of drug-likeness (QED) is 0.172. The van der Waals surface area contributed by atoms with E-state index in [1.165, 1.54) is 66.2 Å². The van der Waals surface area contributed by atoms with Gasteiger partial charge in [-0.3, -0.25) is 0 Å². The Morgan fingerprint density at radius 2 is 0.815 bits per heavy atom. The van der Waals surface area contributed by atoms with Crippen LogP contribution in [0.25, 0.3) is 88.0 Å². The molecule has 2 aliphatic carbocycles. The van der Waals surface area contributed by atoms with E-state index in [2.05, 4.69) is 241 Å². The molecule has 11 aromatic carbocycles. The first-order valence-electron chi connectivity index (χ1n) is 22.5. The zero-order chi connectivity index (χ0) is 42.6. The molecule has 0 saturated carbocycles. The van der Waals surface area contributed by atoms with E-state index in [0.29, 0.717) is 0 Å². The average Bonchev–Trinajstić information content (AvgIpc) is 4.02. The number of anilines is 3. The molecule has 0 unspecified atom stereocenters. The Morgan fingerprint density at radius 1 is 0.308 bits per heavy atom. The highest BCUT2D eigenvalue weighted by Crippen LogP contribution is 2.65. The molecule has 0 radical (unpaired) electrons. The maximum Gasteiger partial charge on any atom is 0.143 e. The van der Waals surface area contributed by atoms with Gasteiger partial charge in [-0.1, -0.05) is 206 Å². The number of para-hydroxylation sites is 2. The predicted molar refractivity (Wildman–Crippen MR) is 271 cm³/mol. The number of furan rings is 1. The van der Waals surface area contributed by atoms with Crippen LogP contribution in [0.4, 0.5) is 17.1 Å². The third kappa shape index (κ3) is 4.99. The molecular weight excluding hydrogens is 787 g/mol. The van der Waals surface area contributed by atoms with Crippen LogP contribution in [0.1, 0.15) is 22.3 Å². The smallest absolute Gasteiger partial charge is 0.143 e. The summed E-state index contributed by atoms with van der Waals surface area (Å²) >= 11 is 0. The maximum atomic E-state index is 7.05.